The van der Waals surface area contributed by atoms with Crippen LogP contribution in [0.2, 0.25) is 0 Å². The van der Waals surface area contributed by atoms with Gasteiger partial charge < -0.3 is 10.1 Å². The molecule has 4 nitrogen and oxygen atoms in total. The predicted molar refractivity (Wildman–Crippen MR) is 110 cm³/mol. The van der Waals surface area contributed by atoms with Gasteiger partial charge in [0.25, 0.3) is 0 Å². The lowest BCUT2D eigenvalue weighted by molar-refractivity contribution is -0.114. The van der Waals surface area contributed by atoms with Crippen LogP contribution in [0.25, 0.3) is 0 Å². The highest BCUT2D eigenvalue weighted by Gasteiger charge is 2.19. The molecule has 4 heteroatoms. The van der Waals surface area contributed by atoms with Crippen molar-refractivity contribution in [1.82, 2.24) is 4.90 Å². The number of likely N-dealkylation sites (tertiary alicyclic amines) is 1. The molecule has 1 aliphatic rings. The van der Waals surface area contributed by atoms with Crippen LogP contribution in [-0.2, 0) is 11.2 Å². The molecule has 2 aromatic rings. The Kier molecular flexibility index (Phi) is 6.88. The number of aryl methyl sites for hydroxylation is 1. The number of piperidine rings is 1. The zero-order valence-corrected chi connectivity index (χ0v) is 16.4. The van der Waals surface area contributed by atoms with E-state index in [1.54, 1.807) is 0 Å². The number of nitrogens with one attached hydrogen (secondary N) is 1. The summed E-state index contributed by atoms with van der Waals surface area (Å²) in [7, 11) is 0. The summed E-state index contributed by atoms with van der Waals surface area (Å²) in [6.07, 6.45) is 3.73. The van der Waals surface area contributed by atoms with Crippen LogP contribution in [0.3, 0.4) is 0 Å². The van der Waals surface area contributed by atoms with Gasteiger partial charge in [0.05, 0.1) is 0 Å². The van der Waals surface area contributed by atoms with Crippen LogP contribution in [0.5, 0.6) is 5.75 Å². The van der Waals surface area contributed by atoms with Crippen LogP contribution >= 0.6 is 0 Å². The monoisotopic (exact) mass is 366 g/mol. The zero-order valence-electron chi connectivity index (χ0n) is 16.4. The number of carbonyl (C=O) groups excluding carboxylic acids is 1. The molecule has 0 saturated carbocycles. The van der Waals surface area contributed by atoms with Gasteiger partial charge in [-0.1, -0.05) is 29.8 Å². The van der Waals surface area contributed by atoms with Crippen molar-refractivity contribution in [3.63, 3.8) is 0 Å². The van der Waals surface area contributed by atoms with E-state index in [1.807, 2.05) is 24.3 Å². The van der Waals surface area contributed by atoms with Crippen molar-refractivity contribution in [1.29, 1.82) is 0 Å². The van der Waals surface area contributed by atoms with Gasteiger partial charge in [0.2, 0.25) is 5.91 Å². The van der Waals surface area contributed by atoms with Gasteiger partial charge in [0, 0.05) is 19.2 Å². The molecule has 0 atom stereocenters. The molecule has 0 unspecified atom stereocenters. The fourth-order valence-electron chi connectivity index (χ4n) is 3.60. The maximum Gasteiger partial charge on any atom is 0.221 e. The number of hydrogen-bond acceptors (Lipinski definition) is 3. The molecule has 0 aromatic heterocycles. The number of anilines is 1. The Labute approximate surface area is 162 Å². The third-order valence-corrected chi connectivity index (χ3v) is 5.20. The second kappa shape index (κ2) is 9.56. The highest BCUT2D eigenvalue weighted by atomic mass is 16.5. The Morgan fingerprint density at radius 2 is 1.74 bits per heavy atom. The summed E-state index contributed by atoms with van der Waals surface area (Å²) in [5, 5.41) is 2.76. The predicted octanol–water partition coefficient (Wildman–Crippen LogP) is 4.29. The molecule has 144 valence electrons. The lowest BCUT2D eigenvalue weighted by Gasteiger charge is -2.32. The van der Waals surface area contributed by atoms with Gasteiger partial charge in [-0.25, -0.2) is 0 Å². The smallest absolute Gasteiger partial charge is 0.221 e. The Hall–Kier alpha value is -2.33. The lowest BCUT2D eigenvalue weighted by atomic mass is 9.90. The number of benzene rings is 2. The maximum atomic E-state index is 11.0. The second-order valence-corrected chi connectivity index (χ2v) is 7.53. The fourth-order valence-corrected chi connectivity index (χ4v) is 3.60. The molecule has 0 spiro atoms. The minimum atomic E-state index is -0.0607. The first-order valence-electron chi connectivity index (χ1n) is 9.87. The van der Waals surface area contributed by atoms with E-state index in [9.17, 15) is 4.79 Å². The first-order chi connectivity index (χ1) is 13.1. The van der Waals surface area contributed by atoms with E-state index < -0.39 is 0 Å². The molecule has 3 rings (SSSR count). The van der Waals surface area contributed by atoms with E-state index in [4.69, 9.17) is 4.74 Å². The number of carbonyl (C=O) groups is 1. The summed E-state index contributed by atoms with van der Waals surface area (Å²) in [6, 6.07) is 16.5. The molecule has 1 heterocycles. The molecule has 1 saturated heterocycles. The Bertz CT molecular complexity index is 717. The highest BCUT2D eigenvalue weighted by molar-refractivity contribution is 5.88. The molecular formula is C23H30N2O2. The van der Waals surface area contributed by atoms with Gasteiger partial charge in [-0.3, -0.25) is 9.69 Å². The topological polar surface area (TPSA) is 41.6 Å². The molecule has 0 radical (unpaired) electrons. The Morgan fingerprint density at radius 3 is 2.37 bits per heavy atom. The van der Waals surface area contributed by atoms with Crippen molar-refractivity contribution in [3.05, 3.63) is 59.7 Å². The molecule has 1 aliphatic heterocycles. The average Bonchev–Trinajstić information content (AvgIpc) is 2.66. The van der Waals surface area contributed by atoms with Crippen molar-refractivity contribution in [3.8, 4) is 5.75 Å². The van der Waals surface area contributed by atoms with Gasteiger partial charge in [0.15, 0.2) is 0 Å². The standard InChI is InChI=1S/C23H30N2O2/c1-18-3-5-20(6-4-18)17-21-11-13-25(14-12-21)15-16-27-23-9-7-22(8-10-23)24-19(2)26/h3-10,21H,11-17H2,1-2H3,(H,24,26). The number of amides is 1. The van der Waals surface area contributed by atoms with Gasteiger partial charge in [-0.2, -0.15) is 0 Å². The summed E-state index contributed by atoms with van der Waals surface area (Å²) in [6.45, 7) is 7.62. The quantitative estimate of drug-likeness (QED) is 0.795. The molecule has 1 N–H and O–H groups in total. The van der Waals surface area contributed by atoms with Crippen molar-refractivity contribution in [2.45, 2.75) is 33.1 Å². The third kappa shape index (κ3) is 6.40. The molecule has 1 fully saturated rings. The molecule has 27 heavy (non-hydrogen) atoms. The van der Waals surface area contributed by atoms with Crippen molar-refractivity contribution in [2.24, 2.45) is 5.92 Å². The van der Waals surface area contributed by atoms with E-state index in [1.165, 1.54) is 37.3 Å². The van der Waals surface area contributed by atoms with E-state index in [0.717, 1.165) is 37.0 Å². The average molecular weight is 367 g/mol. The summed E-state index contributed by atoms with van der Waals surface area (Å²) in [5.41, 5.74) is 3.59. The SMILES string of the molecule is CC(=O)Nc1ccc(OCCN2CCC(Cc3ccc(C)cc3)CC2)cc1. The maximum absolute atomic E-state index is 11.0. The summed E-state index contributed by atoms with van der Waals surface area (Å²) in [4.78, 5) is 13.5. The van der Waals surface area contributed by atoms with Crippen molar-refractivity contribution in [2.75, 3.05) is 31.6 Å². The van der Waals surface area contributed by atoms with Crippen molar-refractivity contribution < 1.29 is 9.53 Å². The first-order valence-corrected chi connectivity index (χ1v) is 9.87. The summed E-state index contributed by atoms with van der Waals surface area (Å²) in [5.74, 6) is 1.58. The lowest BCUT2D eigenvalue weighted by Crippen LogP contribution is -2.37. The van der Waals surface area contributed by atoms with Gasteiger partial charge in [-0.15, -0.1) is 0 Å². The van der Waals surface area contributed by atoms with E-state index in [0.29, 0.717) is 6.61 Å². The molecule has 2 aromatic carbocycles. The zero-order chi connectivity index (χ0) is 19.1. The van der Waals surface area contributed by atoms with E-state index in [-0.39, 0.29) is 5.91 Å². The Morgan fingerprint density at radius 1 is 1.07 bits per heavy atom. The minimum absolute atomic E-state index is 0.0607. The van der Waals surface area contributed by atoms with Gasteiger partial charge in [0.1, 0.15) is 12.4 Å². The van der Waals surface area contributed by atoms with Crippen LogP contribution in [-0.4, -0.2) is 37.0 Å². The van der Waals surface area contributed by atoms with Crippen molar-refractivity contribution >= 4 is 11.6 Å². The van der Waals surface area contributed by atoms with E-state index >= 15 is 0 Å². The first kappa shape index (κ1) is 19.4. The molecule has 0 aliphatic carbocycles. The van der Waals surface area contributed by atoms with Crippen LogP contribution in [0.15, 0.2) is 48.5 Å². The fraction of sp³-hybridized carbons (Fsp3) is 0.435. The normalized spacial score (nSPS) is 15.5. The number of hydrogen-bond donors (Lipinski definition) is 1. The number of rotatable bonds is 7. The molecule has 0 bridgehead atoms. The largest absolute Gasteiger partial charge is 0.492 e. The van der Waals surface area contributed by atoms with Crippen LogP contribution < -0.4 is 10.1 Å². The molecular weight excluding hydrogens is 336 g/mol. The number of nitrogens with zero attached hydrogens (tertiary/aromatic N) is 1. The highest BCUT2D eigenvalue weighted by Crippen LogP contribution is 2.22. The Balaban J connectivity index is 1.34. The van der Waals surface area contributed by atoms with E-state index in [2.05, 4.69) is 41.4 Å². The minimum Gasteiger partial charge on any atom is -0.492 e. The third-order valence-electron chi connectivity index (χ3n) is 5.20. The summed E-state index contributed by atoms with van der Waals surface area (Å²) >= 11 is 0. The van der Waals surface area contributed by atoms with Gasteiger partial charge >= 0.3 is 0 Å². The molecule has 1 amide bonds. The summed E-state index contributed by atoms with van der Waals surface area (Å²) < 4.78 is 5.85. The second-order valence-electron chi connectivity index (χ2n) is 7.53. The van der Waals surface area contributed by atoms with Crippen LogP contribution in [0.4, 0.5) is 5.69 Å². The van der Waals surface area contributed by atoms with Gasteiger partial charge in [-0.05, 0) is 75.0 Å². The number of ether oxygens (including phenoxy) is 1. The van der Waals surface area contributed by atoms with Crippen LogP contribution in [0.1, 0.15) is 30.9 Å². The van der Waals surface area contributed by atoms with Crippen LogP contribution in [0, 0.1) is 12.8 Å².